The molecule has 22 heavy (non-hydrogen) atoms. The highest BCUT2D eigenvalue weighted by molar-refractivity contribution is 9.10. The maximum absolute atomic E-state index is 12.3. The quantitative estimate of drug-likeness (QED) is 0.650. The van der Waals surface area contributed by atoms with Crippen LogP contribution in [0.1, 0.15) is 5.56 Å². The first-order valence-corrected chi connectivity index (χ1v) is 8.02. The van der Waals surface area contributed by atoms with Crippen LogP contribution in [-0.2, 0) is 11.2 Å². The van der Waals surface area contributed by atoms with Crippen LogP contribution < -0.4 is 5.32 Å². The summed E-state index contributed by atoms with van der Waals surface area (Å²) in [7, 11) is 0. The first-order valence-electron chi connectivity index (χ1n) is 6.85. The largest absolute Gasteiger partial charge is 0.326 e. The zero-order valence-corrected chi connectivity index (χ0v) is 14.0. The van der Waals surface area contributed by atoms with Gasteiger partial charge in [-0.1, -0.05) is 54.1 Å². The van der Waals surface area contributed by atoms with Crippen molar-refractivity contribution in [2.45, 2.75) is 6.42 Å². The van der Waals surface area contributed by atoms with E-state index in [-0.39, 0.29) is 5.91 Å². The van der Waals surface area contributed by atoms with Crippen molar-refractivity contribution in [1.82, 2.24) is 0 Å². The molecule has 0 saturated heterocycles. The fraction of sp³-hybridized carbons (Fsp3) is 0.0556. The van der Waals surface area contributed by atoms with Crippen LogP contribution in [0.15, 0.2) is 65.1 Å². The Morgan fingerprint density at radius 1 is 1.05 bits per heavy atom. The molecular weight excluding hydrogens is 362 g/mol. The summed E-state index contributed by atoms with van der Waals surface area (Å²) < 4.78 is 0.807. The van der Waals surface area contributed by atoms with E-state index in [0.717, 1.165) is 20.8 Å². The van der Waals surface area contributed by atoms with Crippen molar-refractivity contribution < 1.29 is 4.79 Å². The molecule has 0 fully saturated rings. The highest BCUT2D eigenvalue weighted by Gasteiger charge is 2.08. The number of amides is 1. The van der Waals surface area contributed by atoms with Gasteiger partial charge in [0.25, 0.3) is 0 Å². The van der Waals surface area contributed by atoms with Gasteiger partial charge >= 0.3 is 0 Å². The van der Waals surface area contributed by atoms with Crippen molar-refractivity contribution in [2.24, 2.45) is 0 Å². The second-order valence-corrected chi connectivity index (χ2v) is 6.25. The average Bonchev–Trinajstić information content (AvgIpc) is 2.51. The normalized spacial score (nSPS) is 10.6. The Balaban J connectivity index is 1.80. The first-order chi connectivity index (χ1) is 10.6. The molecule has 0 spiro atoms. The summed E-state index contributed by atoms with van der Waals surface area (Å²) in [5, 5.41) is 5.70. The minimum Gasteiger partial charge on any atom is -0.326 e. The van der Waals surface area contributed by atoms with Crippen LogP contribution in [0.2, 0.25) is 5.02 Å². The van der Waals surface area contributed by atoms with Crippen LogP contribution in [-0.4, -0.2) is 5.91 Å². The summed E-state index contributed by atoms with van der Waals surface area (Å²) in [4.78, 5) is 12.3. The van der Waals surface area contributed by atoms with Gasteiger partial charge in [0, 0.05) is 10.2 Å². The molecule has 4 heteroatoms. The molecular formula is C18H13BrClNO. The highest BCUT2D eigenvalue weighted by atomic mass is 79.9. The predicted molar refractivity (Wildman–Crippen MR) is 95.4 cm³/mol. The van der Waals surface area contributed by atoms with Gasteiger partial charge in [-0.05, 0) is 50.5 Å². The molecule has 2 nitrogen and oxygen atoms in total. The Bertz CT molecular complexity index is 842. The molecule has 0 aliphatic rings. The van der Waals surface area contributed by atoms with Crippen molar-refractivity contribution in [1.29, 1.82) is 0 Å². The lowest BCUT2D eigenvalue weighted by Crippen LogP contribution is -2.14. The second kappa shape index (κ2) is 6.51. The van der Waals surface area contributed by atoms with E-state index in [4.69, 9.17) is 11.6 Å². The fourth-order valence-corrected chi connectivity index (χ4v) is 2.83. The molecule has 0 aliphatic carbocycles. The molecule has 0 bridgehead atoms. The summed E-state index contributed by atoms with van der Waals surface area (Å²) in [6, 6.07) is 19.4. The number of hydrogen-bond acceptors (Lipinski definition) is 1. The van der Waals surface area contributed by atoms with Crippen LogP contribution in [0, 0.1) is 0 Å². The average molecular weight is 375 g/mol. The number of hydrogen-bond donors (Lipinski definition) is 1. The molecule has 0 aromatic heterocycles. The number of benzene rings is 3. The summed E-state index contributed by atoms with van der Waals surface area (Å²) >= 11 is 9.37. The van der Waals surface area contributed by atoms with Crippen molar-refractivity contribution in [2.75, 3.05) is 5.32 Å². The summed E-state index contributed by atoms with van der Waals surface area (Å²) in [6.45, 7) is 0. The van der Waals surface area contributed by atoms with Crippen LogP contribution >= 0.6 is 27.5 Å². The smallest absolute Gasteiger partial charge is 0.228 e. The van der Waals surface area contributed by atoms with Gasteiger partial charge in [0.15, 0.2) is 0 Å². The molecule has 0 saturated carbocycles. The maximum atomic E-state index is 12.3. The Morgan fingerprint density at radius 2 is 1.82 bits per heavy atom. The van der Waals surface area contributed by atoms with E-state index >= 15 is 0 Å². The number of rotatable bonds is 3. The molecule has 3 rings (SSSR count). The summed E-state index contributed by atoms with van der Waals surface area (Å²) in [5.41, 5.74) is 1.71. The van der Waals surface area contributed by atoms with Crippen LogP contribution in [0.5, 0.6) is 0 Å². The molecule has 3 aromatic carbocycles. The predicted octanol–water partition coefficient (Wildman–Crippen LogP) is 5.44. The van der Waals surface area contributed by atoms with Crippen LogP contribution in [0.3, 0.4) is 0 Å². The Labute approximate surface area is 142 Å². The Morgan fingerprint density at radius 3 is 2.64 bits per heavy atom. The molecule has 0 atom stereocenters. The van der Waals surface area contributed by atoms with Crippen molar-refractivity contribution in [3.8, 4) is 0 Å². The van der Waals surface area contributed by atoms with E-state index < -0.39 is 0 Å². The van der Waals surface area contributed by atoms with E-state index in [0.29, 0.717) is 17.1 Å². The third kappa shape index (κ3) is 3.32. The van der Waals surface area contributed by atoms with E-state index in [1.807, 2.05) is 54.6 Å². The van der Waals surface area contributed by atoms with Crippen LogP contribution in [0.4, 0.5) is 5.69 Å². The number of carbonyl (C=O) groups excluding carboxylic acids is 1. The molecule has 0 unspecified atom stereocenters. The summed E-state index contributed by atoms with van der Waals surface area (Å²) in [5.74, 6) is -0.0604. The van der Waals surface area contributed by atoms with Gasteiger partial charge in [0.2, 0.25) is 5.91 Å². The van der Waals surface area contributed by atoms with Crippen molar-refractivity contribution in [3.63, 3.8) is 0 Å². The van der Waals surface area contributed by atoms with Crippen molar-refractivity contribution >= 4 is 49.9 Å². The topological polar surface area (TPSA) is 29.1 Å². The number of halogens is 2. The van der Waals surface area contributed by atoms with Gasteiger partial charge in [-0.3, -0.25) is 4.79 Å². The molecule has 1 N–H and O–H groups in total. The lowest BCUT2D eigenvalue weighted by Gasteiger charge is -2.08. The number of anilines is 1. The monoisotopic (exact) mass is 373 g/mol. The van der Waals surface area contributed by atoms with E-state index in [9.17, 15) is 4.79 Å². The fourth-order valence-electron chi connectivity index (χ4n) is 2.40. The lowest BCUT2D eigenvalue weighted by molar-refractivity contribution is -0.115. The SMILES string of the molecule is O=C(Cc1cccc2ccccc12)Nc1ccc(Br)c(Cl)c1. The van der Waals surface area contributed by atoms with Crippen molar-refractivity contribution in [3.05, 3.63) is 75.7 Å². The van der Waals surface area contributed by atoms with E-state index in [1.54, 1.807) is 6.07 Å². The Hall–Kier alpha value is -1.84. The van der Waals surface area contributed by atoms with Gasteiger partial charge in [0.1, 0.15) is 0 Å². The number of nitrogens with one attached hydrogen (secondary N) is 1. The minimum atomic E-state index is -0.0604. The first kappa shape index (κ1) is 15.1. The zero-order valence-electron chi connectivity index (χ0n) is 11.6. The zero-order chi connectivity index (χ0) is 15.5. The Kier molecular flexibility index (Phi) is 4.46. The summed E-state index contributed by atoms with van der Waals surface area (Å²) in [6.07, 6.45) is 0.328. The molecule has 0 radical (unpaired) electrons. The van der Waals surface area contributed by atoms with E-state index in [1.165, 1.54) is 0 Å². The van der Waals surface area contributed by atoms with Crippen LogP contribution in [0.25, 0.3) is 10.8 Å². The lowest BCUT2D eigenvalue weighted by atomic mass is 10.0. The highest BCUT2D eigenvalue weighted by Crippen LogP contribution is 2.26. The van der Waals surface area contributed by atoms with Gasteiger partial charge < -0.3 is 5.32 Å². The number of fused-ring (bicyclic) bond motifs is 1. The molecule has 110 valence electrons. The number of carbonyl (C=O) groups is 1. The molecule has 0 heterocycles. The molecule has 3 aromatic rings. The maximum Gasteiger partial charge on any atom is 0.228 e. The standard InChI is InChI=1S/C18H13BrClNO/c19-16-9-8-14(11-17(16)20)21-18(22)10-13-6-3-5-12-4-1-2-7-15(12)13/h1-9,11H,10H2,(H,21,22). The van der Waals surface area contributed by atoms with E-state index in [2.05, 4.69) is 21.2 Å². The third-order valence-corrected chi connectivity index (χ3v) is 4.67. The second-order valence-electron chi connectivity index (χ2n) is 4.99. The third-order valence-electron chi connectivity index (χ3n) is 3.43. The minimum absolute atomic E-state index is 0.0604. The van der Waals surface area contributed by atoms with Gasteiger partial charge in [-0.25, -0.2) is 0 Å². The van der Waals surface area contributed by atoms with Gasteiger partial charge in [-0.15, -0.1) is 0 Å². The molecule has 0 aliphatic heterocycles. The van der Waals surface area contributed by atoms with Gasteiger partial charge in [0.05, 0.1) is 11.4 Å². The van der Waals surface area contributed by atoms with Gasteiger partial charge in [-0.2, -0.15) is 0 Å². The molecule has 1 amide bonds.